The van der Waals surface area contributed by atoms with Crippen LogP contribution in [0.1, 0.15) is 41.0 Å². The molecule has 3 aliphatic rings. The Morgan fingerprint density at radius 2 is 1.68 bits per heavy atom. The minimum atomic E-state index is -0.344. The molecule has 124 valence electrons. The minimum Gasteiger partial charge on any atom is -0.379 e. The lowest BCUT2D eigenvalue weighted by Crippen LogP contribution is -2.60. The summed E-state index contributed by atoms with van der Waals surface area (Å²) in [5, 5.41) is 12.2. The number of hydrogen-bond donors (Lipinski definition) is 0. The van der Waals surface area contributed by atoms with Gasteiger partial charge in [-0.3, -0.25) is 9.74 Å². The Labute approximate surface area is 134 Å². The van der Waals surface area contributed by atoms with Crippen LogP contribution in [0.2, 0.25) is 0 Å². The van der Waals surface area contributed by atoms with Crippen LogP contribution >= 0.6 is 0 Å². The van der Waals surface area contributed by atoms with Crippen LogP contribution < -0.4 is 0 Å². The third-order valence-electron chi connectivity index (χ3n) is 5.88. The van der Waals surface area contributed by atoms with E-state index in [1.54, 1.807) is 0 Å². The Kier molecular flexibility index (Phi) is 3.81. The first-order valence-electron chi connectivity index (χ1n) is 8.52. The molecular weight excluding hydrogens is 278 g/mol. The molecule has 0 radical (unpaired) electrons. The van der Waals surface area contributed by atoms with Gasteiger partial charge in [0.2, 0.25) is 0 Å². The summed E-state index contributed by atoms with van der Waals surface area (Å²) in [5.74, 6) is 0.657. The summed E-state index contributed by atoms with van der Waals surface area (Å²) < 4.78 is 5.48. The molecule has 1 aliphatic carbocycles. The van der Waals surface area contributed by atoms with Crippen molar-refractivity contribution in [2.45, 2.75) is 57.7 Å². The van der Waals surface area contributed by atoms with E-state index in [1.165, 1.54) is 0 Å². The van der Waals surface area contributed by atoms with Gasteiger partial charge in [-0.1, -0.05) is 6.92 Å². The highest BCUT2D eigenvalue weighted by atomic mass is 16.7. The fourth-order valence-electron chi connectivity index (χ4n) is 5.31. The highest BCUT2D eigenvalue weighted by molar-refractivity contribution is 5.41. The maximum Gasteiger partial charge on any atom is 0.119 e. The molecule has 0 aromatic heterocycles. The van der Waals surface area contributed by atoms with Crippen LogP contribution in [0.15, 0.2) is 0 Å². The molecule has 0 amide bonds. The van der Waals surface area contributed by atoms with Gasteiger partial charge in [0.05, 0.1) is 25.9 Å². The molecule has 0 aromatic carbocycles. The van der Waals surface area contributed by atoms with Crippen molar-refractivity contribution in [2.75, 3.05) is 32.9 Å². The normalized spacial score (nSPS) is 40.2. The van der Waals surface area contributed by atoms with E-state index in [2.05, 4.69) is 50.7 Å². The number of piperidine rings is 1. The molecule has 2 heterocycles. The lowest BCUT2D eigenvalue weighted by Gasteiger charge is -2.47. The average Bonchev–Trinajstić information content (AvgIpc) is 3.16. The number of hydrogen-bond acceptors (Lipinski definition) is 5. The Hall–Kier alpha value is -0.670. The van der Waals surface area contributed by atoms with Gasteiger partial charge in [0.1, 0.15) is 5.54 Å². The molecule has 1 saturated carbocycles. The average molecular weight is 307 g/mol. The fourth-order valence-corrected chi connectivity index (χ4v) is 5.31. The van der Waals surface area contributed by atoms with E-state index < -0.39 is 0 Å². The van der Waals surface area contributed by atoms with Crippen LogP contribution in [0, 0.1) is 23.2 Å². The number of ether oxygens (including phenoxy) is 1. The van der Waals surface area contributed by atoms with Crippen LogP contribution in [-0.2, 0) is 9.57 Å². The molecule has 5 nitrogen and oxygen atoms in total. The molecule has 5 heteroatoms. The first kappa shape index (κ1) is 16.2. The van der Waals surface area contributed by atoms with Crippen LogP contribution in [0.25, 0.3) is 0 Å². The largest absolute Gasteiger partial charge is 0.379 e. The van der Waals surface area contributed by atoms with Gasteiger partial charge in [-0.15, -0.1) is 0 Å². The summed E-state index contributed by atoms with van der Waals surface area (Å²) in [6.07, 6.45) is 1.00. The van der Waals surface area contributed by atoms with E-state index in [4.69, 9.17) is 9.57 Å². The molecular formula is C17H29N3O2. The second-order valence-electron chi connectivity index (χ2n) is 7.93. The number of nitriles is 1. The molecule has 2 aliphatic heterocycles. The zero-order chi connectivity index (χ0) is 16.2. The van der Waals surface area contributed by atoms with Gasteiger partial charge in [-0.2, -0.15) is 10.3 Å². The van der Waals surface area contributed by atoms with Gasteiger partial charge in [-0.25, -0.2) is 0 Å². The molecule has 2 unspecified atom stereocenters. The van der Waals surface area contributed by atoms with E-state index in [0.717, 1.165) is 39.3 Å². The van der Waals surface area contributed by atoms with Crippen molar-refractivity contribution in [1.82, 2.24) is 9.96 Å². The van der Waals surface area contributed by atoms with Gasteiger partial charge in [0.15, 0.2) is 0 Å². The highest BCUT2D eigenvalue weighted by Gasteiger charge is 2.84. The van der Waals surface area contributed by atoms with Crippen molar-refractivity contribution in [2.24, 2.45) is 11.8 Å². The predicted octanol–water partition coefficient (Wildman–Crippen LogP) is 2.04. The molecule has 0 aromatic rings. The summed E-state index contributed by atoms with van der Waals surface area (Å²) in [7, 11) is 0. The Bertz CT molecular complexity index is 455. The predicted molar refractivity (Wildman–Crippen MR) is 84.0 cm³/mol. The van der Waals surface area contributed by atoms with Gasteiger partial charge in [-0.05, 0) is 34.1 Å². The van der Waals surface area contributed by atoms with Crippen molar-refractivity contribution in [1.29, 1.82) is 5.26 Å². The molecule has 3 rings (SSSR count). The van der Waals surface area contributed by atoms with E-state index in [-0.39, 0.29) is 16.6 Å². The second-order valence-corrected chi connectivity index (χ2v) is 7.93. The summed E-state index contributed by atoms with van der Waals surface area (Å²) in [4.78, 5) is 8.46. The molecule has 2 saturated heterocycles. The molecule has 2 atom stereocenters. The van der Waals surface area contributed by atoms with Gasteiger partial charge < -0.3 is 4.74 Å². The summed E-state index contributed by atoms with van der Waals surface area (Å²) in [5.41, 5.74) is -0.600. The van der Waals surface area contributed by atoms with Crippen molar-refractivity contribution in [3.8, 4) is 6.07 Å². The topological polar surface area (TPSA) is 48.7 Å². The number of hydroxylamine groups is 2. The maximum absolute atomic E-state index is 10.0. The zero-order valence-electron chi connectivity index (χ0n) is 14.6. The first-order chi connectivity index (χ1) is 10.3. The quantitative estimate of drug-likeness (QED) is 0.795. The number of fused-ring (bicyclic) bond motifs is 1. The van der Waals surface area contributed by atoms with Crippen molar-refractivity contribution < 1.29 is 9.57 Å². The summed E-state index contributed by atoms with van der Waals surface area (Å²) in [6.45, 7) is 15.0. The lowest BCUT2D eigenvalue weighted by atomic mass is 9.90. The SMILES string of the molecule is CCCON1C(C)(C)C2C(C1(C)C)C2(C#N)N1CCOCC1. The Morgan fingerprint density at radius 1 is 1.14 bits per heavy atom. The highest BCUT2D eigenvalue weighted by Crippen LogP contribution is 2.71. The minimum absolute atomic E-state index is 0.128. The molecule has 0 spiro atoms. The van der Waals surface area contributed by atoms with Crippen molar-refractivity contribution in [3.63, 3.8) is 0 Å². The van der Waals surface area contributed by atoms with Crippen LogP contribution in [-0.4, -0.2) is 59.5 Å². The van der Waals surface area contributed by atoms with Crippen LogP contribution in [0.5, 0.6) is 0 Å². The third kappa shape index (κ3) is 1.91. The Balaban J connectivity index is 1.90. The first-order valence-corrected chi connectivity index (χ1v) is 8.52. The van der Waals surface area contributed by atoms with Gasteiger partial charge >= 0.3 is 0 Å². The zero-order valence-corrected chi connectivity index (χ0v) is 14.6. The number of rotatable bonds is 4. The fraction of sp³-hybridized carbons (Fsp3) is 0.941. The lowest BCUT2D eigenvalue weighted by molar-refractivity contribution is -0.259. The number of morpholine rings is 1. The maximum atomic E-state index is 10.0. The number of nitrogens with zero attached hydrogens (tertiary/aromatic N) is 3. The third-order valence-corrected chi connectivity index (χ3v) is 5.88. The summed E-state index contributed by atoms with van der Waals surface area (Å²) in [6, 6.07) is 2.70. The van der Waals surface area contributed by atoms with E-state index in [0.29, 0.717) is 11.8 Å². The van der Waals surface area contributed by atoms with E-state index >= 15 is 0 Å². The van der Waals surface area contributed by atoms with Crippen molar-refractivity contribution >= 4 is 0 Å². The molecule has 22 heavy (non-hydrogen) atoms. The van der Waals surface area contributed by atoms with Gasteiger partial charge in [0, 0.05) is 36.0 Å². The van der Waals surface area contributed by atoms with Crippen LogP contribution in [0.4, 0.5) is 0 Å². The molecule has 0 N–H and O–H groups in total. The standard InChI is InChI=1S/C17H29N3O2/c1-6-9-22-20-15(2,3)13-14(16(20,4)5)17(13,12-18)19-7-10-21-11-8-19/h13-14H,6-11H2,1-5H3. The van der Waals surface area contributed by atoms with Gasteiger partial charge in [0.25, 0.3) is 0 Å². The molecule has 3 fully saturated rings. The van der Waals surface area contributed by atoms with Crippen LogP contribution in [0.3, 0.4) is 0 Å². The summed E-state index contributed by atoms with van der Waals surface area (Å²) >= 11 is 0. The Morgan fingerprint density at radius 3 is 2.14 bits per heavy atom. The smallest absolute Gasteiger partial charge is 0.119 e. The molecule has 0 bridgehead atoms. The van der Waals surface area contributed by atoms with Crippen molar-refractivity contribution in [3.05, 3.63) is 0 Å². The second kappa shape index (κ2) is 5.17. The monoisotopic (exact) mass is 307 g/mol. The van der Waals surface area contributed by atoms with E-state index in [9.17, 15) is 5.26 Å². The van der Waals surface area contributed by atoms with E-state index in [1.807, 2.05) is 0 Å².